The lowest BCUT2D eigenvalue weighted by molar-refractivity contribution is 0.376. The number of ether oxygens (including phenoxy) is 1. The number of halogens is 2. The zero-order valence-electron chi connectivity index (χ0n) is 11.4. The van der Waals surface area contributed by atoms with Crippen LogP contribution in [-0.2, 0) is 0 Å². The van der Waals surface area contributed by atoms with E-state index in [1.807, 2.05) is 48.5 Å². The van der Waals surface area contributed by atoms with Gasteiger partial charge in [0, 0.05) is 14.5 Å². The zero-order valence-corrected chi connectivity index (χ0v) is 15.4. The number of hydrogen-bond acceptors (Lipinski definition) is 3. The molecule has 0 saturated carbocycles. The van der Waals surface area contributed by atoms with Gasteiger partial charge in [-0.15, -0.1) is 0 Å². The van der Waals surface area contributed by atoms with Gasteiger partial charge in [-0.05, 0) is 48.6 Å². The van der Waals surface area contributed by atoms with E-state index in [-0.39, 0.29) is 5.11 Å². The minimum absolute atomic E-state index is 0.109. The van der Waals surface area contributed by atoms with Crippen molar-refractivity contribution in [1.82, 2.24) is 5.43 Å². The first-order chi connectivity index (χ1) is 10.5. The number of nitrogens with zero attached hydrogens (tertiary/aromatic N) is 1. The van der Waals surface area contributed by atoms with Crippen molar-refractivity contribution in [2.45, 2.75) is 0 Å². The van der Waals surface area contributed by atoms with E-state index < -0.39 is 0 Å². The van der Waals surface area contributed by atoms with Gasteiger partial charge < -0.3 is 10.5 Å². The average molecular weight is 443 g/mol. The summed E-state index contributed by atoms with van der Waals surface area (Å²) in [5.41, 5.74) is 9.65. The van der Waals surface area contributed by atoms with Crippen molar-refractivity contribution in [2.24, 2.45) is 10.8 Å². The van der Waals surface area contributed by atoms with Gasteiger partial charge in [-0.1, -0.05) is 44.0 Å². The molecule has 0 aromatic heterocycles. The molecule has 0 heterocycles. The fourth-order valence-corrected chi connectivity index (χ4v) is 2.20. The minimum atomic E-state index is 0.109. The van der Waals surface area contributed by atoms with Crippen molar-refractivity contribution < 1.29 is 4.74 Å². The first-order valence-electron chi connectivity index (χ1n) is 6.31. The van der Waals surface area contributed by atoms with Crippen LogP contribution in [0.5, 0.6) is 5.75 Å². The van der Waals surface area contributed by atoms with Crippen molar-refractivity contribution in [1.29, 1.82) is 0 Å². The van der Waals surface area contributed by atoms with Crippen molar-refractivity contribution in [2.75, 3.05) is 6.61 Å². The smallest absolute Gasteiger partial charge is 0.184 e. The van der Waals surface area contributed by atoms with E-state index in [0.717, 1.165) is 20.3 Å². The monoisotopic (exact) mass is 441 g/mol. The molecule has 7 heteroatoms. The van der Waals surface area contributed by atoms with Crippen LogP contribution in [0.25, 0.3) is 0 Å². The van der Waals surface area contributed by atoms with Crippen LogP contribution in [-0.4, -0.2) is 17.4 Å². The molecule has 0 bridgehead atoms. The summed E-state index contributed by atoms with van der Waals surface area (Å²) < 4.78 is 7.74. The minimum Gasteiger partial charge on any atom is -0.487 e. The van der Waals surface area contributed by atoms with Crippen LogP contribution >= 0.6 is 44.1 Å². The van der Waals surface area contributed by atoms with Crippen molar-refractivity contribution >= 4 is 54.9 Å². The predicted octanol–water partition coefficient (Wildman–Crippen LogP) is 3.83. The molecule has 0 saturated heterocycles. The summed E-state index contributed by atoms with van der Waals surface area (Å²) in [5.74, 6) is 0.753. The highest BCUT2D eigenvalue weighted by molar-refractivity contribution is 9.10. The highest BCUT2D eigenvalue weighted by atomic mass is 79.9. The van der Waals surface area contributed by atoms with E-state index in [1.54, 1.807) is 0 Å². The average Bonchev–Trinajstić information content (AvgIpc) is 2.50. The molecule has 0 aliphatic carbocycles. The Bertz CT molecular complexity index is 672. The van der Waals surface area contributed by atoms with Gasteiger partial charge in [0.1, 0.15) is 18.1 Å². The largest absolute Gasteiger partial charge is 0.487 e. The first kappa shape index (κ1) is 16.9. The quantitative estimate of drug-likeness (QED) is 0.419. The summed E-state index contributed by atoms with van der Waals surface area (Å²) in [5, 5.41) is 4.32. The third-order valence-corrected chi connectivity index (χ3v) is 3.82. The fraction of sp³-hybridized carbons (Fsp3) is 0.0667. The second kappa shape index (κ2) is 8.26. The molecule has 114 valence electrons. The van der Waals surface area contributed by atoms with Crippen LogP contribution in [0.15, 0.2) is 62.6 Å². The molecule has 2 rings (SSSR count). The normalized spacial score (nSPS) is 11.1. The Balaban J connectivity index is 2.14. The molecule has 22 heavy (non-hydrogen) atoms. The van der Waals surface area contributed by atoms with Crippen LogP contribution in [0, 0.1) is 0 Å². The molecular formula is C15H13Br2N3OS. The number of thiocarbonyl (C=S) groups is 1. The SMILES string of the molecule is NC(=S)N/N=C(/COc1ccc(Br)cc1)c1ccc(Br)cc1. The van der Waals surface area contributed by atoms with Crippen LogP contribution in [0.3, 0.4) is 0 Å². The first-order valence-corrected chi connectivity index (χ1v) is 8.30. The second-order valence-corrected chi connectivity index (χ2v) is 6.56. The highest BCUT2D eigenvalue weighted by Gasteiger charge is 2.06. The number of hydrogen-bond donors (Lipinski definition) is 2. The fourth-order valence-electron chi connectivity index (χ4n) is 1.63. The van der Waals surface area contributed by atoms with E-state index in [9.17, 15) is 0 Å². The number of nitrogens with two attached hydrogens (primary N) is 1. The van der Waals surface area contributed by atoms with Crippen molar-refractivity contribution in [3.05, 3.63) is 63.0 Å². The summed E-state index contributed by atoms with van der Waals surface area (Å²) >= 11 is 11.6. The highest BCUT2D eigenvalue weighted by Crippen LogP contribution is 2.17. The van der Waals surface area contributed by atoms with E-state index in [4.69, 9.17) is 22.7 Å². The van der Waals surface area contributed by atoms with Gasteiger partial charge in [0.25, 0.3) is 0 Å². The summed E-state index contributed by atoms with van der Waals surface area (Å²) in [4.78, 5) is 0. The Morgan fingerprint density at radius 3 is 2.14 bits per heavy atom. The van der Waals surface area contributed by atoms with Gasteiger partial charge in [0.2, 0.25) is 0 Å². The Labute approximate surface area is 151 Å². The summed E-state index contributed by atoms with van der Waals surface area (Å²) in [6.45, 7) is 0.291. The van der Waals surface area contributed by atoms with Crippen molar-refractivity contribution in [3.63, 3.8) is 0 Å². The molecule has 0 spiro atoms. The Kier molecular flexibility index (Phi) is 6.35. The third-order valence-electron chi connectivity index (χ3n) is 2.67. The van der Waals surface area contributed by atoms with Crippen LogP contribution < -0.4 is 15.9 Å². The van der Waals surface area contributed by atoms with Crippen LogP contribution in [0.4, 0.5) is 0 Å². The lowest BCUT2D eigenvalue weighted by Crippen LogP contribution is -2.27. The number of rotatable bonds is 5. The Morgan fingerprint density at radius 1 is 1.05 bits per heavy atom. The van der Waals surface area contributed by atoms with Crippen LogP contribution in [0.1, 0.15) is 5.56 Å². The molecule has 0 atom stereocenters. The molecule has 0 aliphatic heterocycles. The lowest BCUT2D eigenvalue weighted by Gasteiger charge is -2.10. The Morgan fingerprint density at radius 2 is 1.59 bits per heavy atom. The summed E-state index contributed by atoms with van der Waals surface area (Å²) in [6, 6.07) is 15.3. The van der Waals surface area contributed by atoms with E-state index in [1.165, 1.54) is 0 Å². The molecular weight excluding hydrogens is 430 g/mol. The Hall–Kier alpha value is -1.44. The van der Waals surface area contributed by atoms with Gasteiger partial charge in [-0.2, -0.15) is 5.10 Å². The molecule has 3 N–H and O–H groups in total. The lowest BCUT2D eigenvalue weighted by atomic mass is 10.1. The maximum atomic E-state index is 5.75. The topological polar surface area (TPSA) is 59.6 Å². The maximum Gasteiger partial charge on any atom is 0.184 e. The molecule has 4 nitrogen and oxygen atoms in total. The molecule has 2 aromatic rings. The van der Waals surface area contributed by atoms with Gasteiger partial charge in [-0.3, -0.25) is 5.43 Å². The van der Waals surface area contributed by atoms with Gasteiger partial charge in [0.05, 0.1) is 0 Å². The van der Waals surface area contributed by atoms with Gasteiger partial charge in [0.15, 0.2) is 5.11 Å². The molecule has 0 fully saturated rings. The molecule has 0 amide bonds. The number of benzene rings is 2. The van der Waals surface area contributed by atoms with E-state index in [2.05, 4.69) is 42.4 Å². The van der Waals surface area contributed by atoms with Crippen molar-refractivity contribution in [3.8, 4) is 5.75 Å². The zero-order chi connectivity index (χ0) is 15.9. The van der Waals surface area contributed by atoms with Gasteiger partial charge in [-0.25, -0.2) is 0 Å². The summed E-state index contributed by atoms with van der Waals surface area (Å²) in [7, 11) is 0. The predicted molar refractivity (Wildman–Crippen MR) is 100 cm³/mol. The standard InChI is InChI=1S/C15H13Br2N3OS/c16-11-3-1-10(2-4-11)14(19-20-15(18)22)9-21-13-7-5-12(17)6-8-13/h1-8H,9H2,(H3,18,20,22)/b19-14-. The molecule has 0 unspecified atom stereocenters. The molecule has 0 aliphatic rings. The number of nitrogens with one attached hydrogen (secondary N) is 1. The second-order valence-electron chi connectivity index (χ2n) is 4.28. The number of hydrazone groups is 1. The van der Waals surface area contributed by atoms with Gasteiger partial charge >= 0.3 is 0 Å². The molecule has 2 aromatic carbocycles. The van der Waals surface area contributed by atoms with E-state index >= 15 is 0 Å². The van der Waals surface area contributed by atoms with Crippen LogP contribution in [0.2, 0.25) is 0 Å². The van der Waals surface area contributed by atoms with E-state index in [0.29, 0.717) is 12.3 Å². The third kappa shape index (κ3) is 5.40. The molecule has 0 radical (unpaired) electrons. The summed E-state index contributed by atoms with van der Waals surface area (Å²) in [6.07, 6.45) is 0. The maximum absolute atomic E-state index is 5.75.